The highest BCUT2D eigenvalue weighted by Crippen LogP contribution is 2.14. The van der Waals surface area contributed by atoms with Gasteiger partial charge in [-0.3, -0.25) is 0 Å². The van der Waals surface area contributed by atoms with Gasteiger partial charge in [0.05, 0.1) is 6.61 Å². The minimum atomic E-state index is 0.287. The van der Waals surface area contributed by atoms with Crippen LogP contribution in [0.3, 0.4) is 0 Å². The Labute approximate surface area is 159 Å². The average molecular weight is 356 g/mol. The van der Waals surface area contributed by atoms with E-state index in [4.69, 9.17) is 5.11 Å². The Kier molecular flexibility index (Phi) is 21.9. The van der Waals surface area contributed by atoms with Crippen molar-refractivity contribution in [1.82, 2.24) is 4.90 Å². The number of likely N-dealkylation sites (N-methyl/N-ethyl adjacent to an activating group) is 1. The smallest absolute Gasteiger partial charge is 0.0558 e. The van der Waals surface area contributed by atoms with E-state index in [0.717, 1.165) is 13.1 Å². The number of unbranched alkanes of at least 4 members (excludes halogenated alkanes) is 17. The van der Waals surface area contributed by atoms with Gasteiger partial charge < -0.3 is 10.0 Å². The molecule has 0 aliphatic carbocycles. The summed E-state index contributed by atoms with van der Waals surface area (Å²) in [6, 6.07) is 0. The maximum Gasteiger partial charge on any atom is 0.0558 e. The molecule has 152 valence electrons. The SMILES string of the molecule is CCCCCCCCCCCCCCCCCCCCN(C)CCO. The highest BCUT2D eigenvalue weighted by Gasteiger charge is 1.97. The van der Waals surface area contributed by atoms with Crippen LogP contribution in [0.15, 0.2) is 0 Å². The first-order chi connectivity index (χ1) is 12.3. The second kappa shape index (κ2) is 22.0. The third-order valence-electron chi connectivity index (χ3n) is 5.38. The molecule has 0 atom stereocenters. The van der Waals surface area contributed by atoms with Gasteiger partial charge in [0, 0.05) is 6.54 Å². The summed E-state index contributed by atoms with van der Waals surface area (Å²) < 4.78 is 0. The van der Waals surface area contributed by atoms with Crippen molar-refractivity contribution in [3.8, 4) is 0 Å². The maximum atomic E-state index is 8.85. The molecule has 0 aromatic heterocycles. The van der Waals surface area contributed by atoms with Gasteiger partial charge >= 0.3 is 0 Å². The van der Waals surface area contributed by atoms with Crippen LogP contribution in [0.4, 0.5) is 0 Å². The van der Waals surface area contributed by atoms with E-state index in [1.807, 2.05) is 0 Å². The number of rotatable bonds is 21. The van der Waals surface area contributed by atoms with Crippen molar-refractivity contribution >= 4 is 0 Å². The topological polar surface area (TPSA) is 23.5 Å². The largest absolute Gasteiger partial charge is 0.395 e. The third-order valence-corrected chi connectivity index (χ3v) is 5.38. The predicted octanol–water partition coefficient (Wildman–Crippen LogP) is 6.95. The van der Waals surface area contributed by atoms with E-state index in [9.17, 15) is 0 Å². The fraction of sp³-hybridized carbons (Fsp3) is 1.00. The number of hydrogen-bond donors (Lipinski definition) is 1. The second-order valence-electron chi connectivity index (χ2n) is 8.04. The van der Waals surface area contributed by atoms with Crippen LogP contribution in [0.5, 0.6) is 0 Å². The number of aliphatic hydroxyl groups is 1. The molecular weight excluding hydrogens is 306 g/mol. The monoisotopic (exact) mass is 355 g/mol. The first-order valence-electron chi connectivity index (χ1n) is 11.6. The highest BCUT2D eigenvalue weighted by molar-refractivity contribution is 4.53. The molecule has 2 nitrogen and oxygen atoms in total. The summed E-state index contributed by atoms with van der Waals surface area (Å²) in [6.45, 7) is 4.54. The van der Waals surface area contributed by atoms with Crippen LogP contribution in [-0.2, 0) is 0 Å². The van der Waals surface area contributed by atoms with E-state index in [1.54, 1.807) is 0 Å². The molecule has 0 fully saturated rings. The number of nitrogens with zero attached hydrogens (tertiary/aromatic N) is 1. The molecule has 2 heteroatoms. The lowest BCUT2D eigenvalue weighted by atomic mass is 10.0. The van der Waals surface area contributed by atoms with Crippen molar-refractivity contribution < 1.29 is 5.11 Å². The molecule has 0 saturated heterocycles. The van der Waals surface area contributed by atoms with Crippen LogP contribution in [0, 0.1) is 0 Å². The van der Waals surface area contributed by atoms with Crippen LogP contribution >= 0.6 is 0 Å². The molecule has 0 aliphatic rings. The summed E-state index contributed by atoms with van der Waals surface area (Å²) in [5.41, 5.74) is 0. The van der Waals surface area contributed by atoms with Gasteiger partial charge in [-0.2, -0.15) is 0 Å². The lowest BCUT2D eigenvalue weighted by Gasteiger charge is -2.14. The van der Waals surface area contributed by atoms with Crippen LogP contribution in [0.25, 0.3) is 0 Å². The lowest BCUT2D eigenvalue weighted by molar-refractivity contribution is 0.219. The van der Waals surface area contributed by atoms with E-state index in [0.29, 0.717) is 0 Å². The molecule has 0 saturated carbocycles. The molecular formula is C23H49NO. The zero-order valence-electron chi connectivity index (χ0n) is 17.7. The molecule has 0 aromatic rings. The normalized spacial score (nSPS) is 11.5. The Balaban J connectivity index is 3.00. The highest BCUT2D eigenvalue weighted by atomic mass is 16.3. The molecule has 0 aromatic carbocycles. The van der Waals surface area contributed by atoms with Gasteiger partial charge in [-0.05, 0) is 20.0 Å². The quantitative estimate of drug-likeness (QED) is 0.225. The van der Waals surface area contributed by atoms with E-state index >= 15 is 0 Å². The van der Waals surface area contributed by atoms with Crippen LogP contribution in [0.1, 0.15) is 122 Å². The molecule has 0 radical (unpaired) electrons. The lowest BCUT2D eigenvalue weighted by Crippen LogP contribution is -2.23. The Morgan fingerprint density at radius 3 is 1.12 bits per heavy atom. The van der Waals surface area contributed by atoms with Gasteiger partial charge in [-0.1, -0.05) is 116 Å². The van der Waals surface area contributed by atoms with Crippen molar-refractivity contribution in [2.24, 2.45) is 0 Å². The van der Waals surface area contributed by atoms with Crippen molar-refractivity contribution in [2.45, 2.75) is 122 Å². The zero-order valence-corrected chi connectivity index (χ0v) is 17.7. The van der Waals surface area contributed by atoms with Gasteiger partial charge in [-0.25, -0.2) is 0 Å². The fourth-order valence-electron chi connectivity index (χ4n) is 3.57. The van der Waals surface area contributed by atoms with E-state index in [1.165, 1.54) is 116 Å². The van der Waals surface area contributed by atoms with Gasteiger partial charge in [-0.15, -0.1) is 0 Å². The Morgan fingerprint density at radius 1 is 0.480 bits per heavy atom. The first kappa shape index (κ1) is 24.9. The number of aliphatic hydroxyl groups excluding tert-OH is 1. The third kappa shape index (κ3) is 21.9. The average Bonchev–Trinajstić information content (AvgIpc) is 2.61. The van der Waals surface area contributed by atoms with Gasteiger partial charge in [0.2, 0.25) is 0 Å². The molecule has 0 heterocycles. The minimum Gasteiger partial charge on any atom is -0.395 e. The van der Waals surface area contributed by atoms with Crippen molar-refractivity contribution in [3.05, 3.63) is 0 Å². The van der Waals surface area contributed by atoms with Gasteiger partial charge in [0.1, 0.15) is 0 Å². The molecule has 1 N–H and O–H groups in total. The molecule has 0 spiro atoms. The van der Waals surface area contributed by atoms with Crippen LogP contribution in [0.2, 0.25) is 0 Å². The minimum absolute atomic E-state index is 0.287. The second-order valence-corrected chi connectivity index (χ2v) is 8.04. The van der Waals surface area contributed by atoms with E-state index in [2.05, 4.69) is 18.9 Å². The molecule has 0 bridgehead atoms. The summed E-state index contributed by atoms with van der Waals surface area (Å²) in [7, 11) is 2.10. The van der Waals surface area contributed by atoms with Gasteiger partial charge in [0.25, 0.3) is 0 Å². The van der Waals surface area contributed by atoms with Crippen LogP contribution in [-0.4, -0.2) is 36.8 Å². The fourth-order valence-corrected chi connectivity index (χ4v) is 3.57. The molecule has 0 rings (SSSR count). The Bertz CT molecular complexity index is 232. The summed E-state index contributed by atoms with van der Waals surface area (Å²) >= 11 is 0. The number of hydrogen-bond acceptors (Lipinski definition) is 2. The predicted molar refractivity (Wildman–Crippen MR) is 113 cm³/mol. The summed E-state index contributed by atoms with van der Waals surface area (Å²) in [6.07, 6.45) is 25.8. The first-order valence-corrected chi connectivity index (χ1v) is 11.6. The summed E-state index contributed by atoms with van der Waals surface area (Å²) in [5.74, 6) is 0. The van der Waals surface area contributed by atoms with Gasteiger partial charge in [0.15, 0.2) is 0 Å². The van der Waals surface area contributed by atoms with Crippen molar-refractivity contribution in [1.29, 1.82) is 0 Å². The molecule has 0 amide bonds. The Morgan fingerprint density at radius 2 is 0.800 bits per heavy atom. The molecule has 0 unspecified atom stereocenters. The summed E-state index contributed by atoms with van der Waals surface area (Å²) in [5, 5.41) is 8.85. The maximum absolute atomic E-state index is 8.85. The zero-order chi connectivity index (χ0) is 18.4. The van der Waals surface area contributed by atoms with E-state index in [-0.39, 0.29) is 6.61 Å². The molecule has 0 aliphatic heterocycles. The van der Waals surface area contributed by atoms with Crippen molar-refractivity contribution in [3.63, 3.8) is 0 Å². The van der Waals surface area contributed by atoms with Crippen LogP contribution < -0.4 is 0 Å². The Hall–Kier alpha value is -0.0800. The summed E-state index contributed by atoms with van der Waals surface area (Å²) in [4.78, 5) is 2.23. The standard InChI is InChI=1S/C23H49NO/c1-3-4-5-6-7-8-9-10-11-12-13-14-15-16-17-18-19-20-21-24(2)22-23-25/h25H,3-23H2,1-2H3. The molecule has 25 heavy (non-hydrogen) atoms. The van der Waals surface area contributed by atoms with Crippen molar-refractivity contribution in [2.75, 3.05) is 26.7 Å². The van der Waals surface area contributed by atoms with E-state index < -0.39 is 0 Å².